The van der Waals surface area contributed by atoms with E-state index < -0.39 is 10.0 Å². The molecule has 0 aliphatic heterocycles. The molecule has 1 amide bonds. The van der Waals surface area contributed by atoms with Crippen LogP contribution in [0.25, 0.3) is 0 Å². The summed E-state index contributed by atoms with van der Waals surface area (Å²) >= 11 is 0. The molecule has 0 saturated heterocycles. The fourth-order valence-corrected chi connectivity index (χ4v) is 3.66. The Bertz CT molecular complexity index is 649. The van der Waals surface area contributed by atoms with Crippen molar-refractivity contribution in [1.82, 2.24) is 4.31 Å². The number of benzene rings is 1. The highest BCUT2D eigenvalue weighted by atomic mass is 35.5. The van der Waals surface area contributed by atoms with E-state index in [0.717, 1.165) is 23.6 Å². The number of anilines is 1. The molecule has 1 aliphatic rings. The summed E-state index contributed by atoms with van der Waals surface area (Å²) in [6.45, 7) is 0. The Morgan fingerprint density at radius 1 is 1.35 bits per heavy atom. The Morgan fingerprint density at radius 2 is 2.04 bits per heavy atom. The van der Waals surface area contributed by atoms with E-state index in [1.54, 1.807) is 12.1 Å². The van der Waals surface area contributed by atoms with Gasteiger partial charge in [-0.3, -0.25) is 4.79 Å². The molecule has 0 radical (unpaired) electrons. The highest BCUT2D eigenvalue weighted by molar-refractivity contribution is 7.89. The molecule has 0 spiro atoms. The molecule has 2 atom stereocenters. The zero-order valence-electron chi connectivity index (χ0n) is 13.4. The number of hydrogen-bond acceptors (Lipinski definition) is 4. The van der Waals surface area contributed by atoms with Gasteiger partial charge in [0.05, 0.1) is 4.90 Å². The number of nitrogens with one attached hydrogen (secondary N) is 1. The van der Waals surface area contributed by atoms with Gasteiger partial charge in [-0.25, -0.2) is 12.7 Å². The van der Waals surface area contributed by atoms with Gasteiger partial charge in [-0.1, -0.05) is 12.5 Å². The second-order valence-corrected chi connectivity index (χ2v) is 8.07. The van der Waals surface area contributed by atoms with Gasteiger partial charge in [-0.05, 0) is 37.0 Å². The van der Waals surface area contributed by atoms with E-state index in [9.17, 15) is 13.2 Å². The predicted octanol–water partition coefficient (Wildman–Crippen LogP) is 1.81. The second-order valence-electron chi connectivity index (χ2n) is 5.92. The average Bonchev–Trinajstić information content (AvgIpc) is 2.84. The van der Waals surface area contributed by atoms with Crippen molar-refractivity contribution in [2.24, 2.45) is 11.7 Å². The monoisotopic (exact) mass is 361 g/mol. The molecule has 8 heteroatoms. The number of amides is 1. The number of carbonyl (C=O) groups is 1. The summed E-state index contributed by atoms with van der Waals surface area (Å²) in [6.07, 6.45) is 3.39. The van der Waals surface area contributed by atoms with Crippen LogP contribution < -0.4 is 11.1 Å². The molecule has 3 N–H and O–H groups in total. The van der Waals surface area contributed by atoms with Crippen LogP contribution in [0.1, 0.15) is 25.7 Å². The lowest BCUT2D eigenvalue weighted by molar-refractivity contribution is -0.117. The van der Waals surface area contributed by atoms with Gasteiger partial charge in [0.1, 0.15) is 0 Å². The highest BCUT2D eigenvalue weighted by Gasteiger charge is 2.26. The third kappa shape index (κ3) is 4.91. The van der Waals surface area contributed by atoms with E-state index in [-0.39, 0.29) is 35.2 Å². The van der Waals surface area contributed by atoms with Crippen LogP contribution in [-0.4, -0.2) is 38.8 Å². The number of nitrogens with zero attached hydrogens (tertiary/aromatic N) is 1. The smallest absolute Gasteiger partial charge is 0.242 e. The molecule has 0 heterocycles. The lowest BCUT2D eigenvalue weighted by Crippen LogP contribution is -2.28. The fourth-order valence-electron chi connectivity index (χ4n) is 2.71. The second kappa shape index (κ2) is 8.10. The summed E-state index contributed by atoms with van der Waals surface area (Å²) in [4.78, 5) is 12.2. The molecule has 1 saturated carbocycles. The molecule has 130 valence electrons. The number of carbonyl (C=O) groups excluding carboxylic acids is 1. The van der Waals surface area contributed by atoms with Crippen molar-refractivity contribution in [3.8, 4) is 0 Å². The van der Waals surface area contributed by atoms with Gasteiger partial charge < -0.3 is 11.1 Å². The van der Waals surface area contributed by atoms with Gasteiger partial charge in [-0.15, -0.1) is 12.4 Å². The predicted molar refractivity (Wildman–Crippen MR) is 93.1 cm³/mol. The van der Waals surface area contributed by atoms with Crippen LogP contribution in [0, 0.1) is 5.92 Å². The van der Waals surface area contributed by atoms with Gasteiger partial charge in [-0.2, -0.15) is 0 Å². The maximum Gasteiger partial charge on any atom is 0.242 e. The molecule has 1 aliphatic carbocycles. The zero-order chi connectivity index (χ0) is 16.3. The van der Waals surface area contributed by atoms with Crippen molar-refractivity contribution in [3.05, 3.63) is 24.3 Å². The van der Waals surface area contributed by atoms with E-state index in [4.69, 9.17) is 5.73 Å². The van der Waals surface area contributed by atoms with Gasteiger partial charge in [0.25, 0.3) is 0 Å². The molecule has 0 aromatic heterocycles. The van der Waals surface area contributed by atoms with Gasteiger partial charge >= 0.3 is 0 Å². The Balaban J connectivity index is 0.00000264. The lowest BCUT2D eigenvalue weighted by Gasteiger charge is -2.15. The van der Waals surface area contributed by atoms with E-state index in [0.29, 0.717) is 12.1 Å². The first-order valence-electron chi connectivity index (χ1n) is 7.38. The molecule has 6 nitrogen and oxygen atoms in total. The Hall–Kier alpha value is -1.15. The standard InChI is InChI=1S/C15H23N3O3S.ClH/c1-18(2)22(20,21)13-7-4-6-12(10-13)17-15(19)9-11-5-3-8-14(11)16;/h4,6-7,10-11,14H,3,5,8-9,16H2,1-2H3,(H,17,19);1H/t11-,14+;/m0./s1. The summed E-state index contributed by atoms with van der Waals surface area (Å²) in [5.41, 5.74) is 6.46. The Kier molecular flexibility index (Phi) is 7.01. The van der Waals surface area contributed by atoms with Crippen LogP contribution in [0.4, 0.5) is 5.69 Å². The largest absolute Gasteiger partial charge is 0.327 e. The van der Waals surface area contributed by atoms with Crippen LogP contribution in [-0.2, 0) is 14.8 Å². The molecule has 0 bridgehead atoms. The van der Waals surface area contributed by atoms with Gasteiger partial charge in [0.15, 0.2) is 0 Å². The molecule has 1 aromatic carbocycles. The van der Waals surface area contributed by atoms with E-state index in [1.807, 2.05) is 0 Å². The number of sulfonamides is 1. The molecular weight excluding hydrogens is 338 g/mol. The summed E-state index contributed by atoms with van der Waals surface area (Å²) in [6, 6.07) is 6.37. The number of nitrogens with two attached hydrogens (primary N) is 1. The van der Waals surface area contributed by atoms with Crippen molar-refractivity contribution in [1.29, 1.82) is 0 Å². The van der Waals surface area contributed by atoms with E-state index in [1.165, 1.54) is 26.2 Å². The lowest BCUT2D eigenvalue weighted by atomic mass is 10.00. The summed E-state index contributed by atoms with van der Waals surface area (Å²) in [5.74, 6) is 0.0930. The van der Waals surface area contributed by atoms with Crippen LogP contribution in [0.3, 0.4) is 0 Å². The minimum absolute atomic E-state index is 0. The van der Waals surface area contributed by atoms with Crippen molar-refractivity contribution in [3.63, 3.8) is 0 Å². The fraction of sp³-hybridized carbons (Fsp3) is 0.533. The average molecular weight is 362 g/mol. The quantitative estimate of drug-likeness (QED) is 0.836. The summed E-state index contributed by atoms with van der Waals surface area (Å²) < 4.78 is 25.3. The van der Waals surface area contributed by atoms with Crippen LogP contribution >= 0.6 is 12.4 Å². The topological polar surface area (TPSA) is 92.5 Å². The summed E-state index contributed by atoms with van der Waals surface area (Å²) in [7, 11) is -0.556. The molecule has 1 aromatic rings. The van der Waals surface area contributed by atoms with Gasteiger partial charge in [0, 0.05) is 32.2 Å². The van der Waals surface area contributed by atoms with Gasteiger partial charge in [0.2, 0.25) is 15.9 Å². The first-order chi connectivity index (χ1) is 10.3. The normalized spacial score (nSPS) is 21.0. The Morgan fingerprint density at radius 3 is 2.61 bits per heavy atom. The van der Waals surface area contributed by atoms with Crippen molar-refractivity contribution >= 4 is 34.0 Å². The maximum atomic E-state index is 12.1. The molecule has 23 heavy (non-hydrogen) atoms. The number of halogens is 1. The SMILES string of the molecule is CN(C)S(=O)(=O)c1cccc(NC(=O)C[C@@H]2CCC[C@H]2N)c1.Cl. The first-order valence-corrected chi connectivity index (χ1v) is 8.82. The minimum Gasteiger partial charge on any atom is -0.327 e. The van der Waals surface area contributed by atoms with E-state index >= 15 is 0 Å². The number of rotatable bonds is 5. The third-order valence-electron chi connectivity index (χ3n) is 4.06. The first kappa shape index (κ1) is 19.9. The van der Waals surface area contributed by atoms with Crippen LogP contribution in [0.5, 0.6) is 0 Å². The molecular formula is C15H24ClN3O3S. The maximum absolute atomic E-state index is 12.1. The Labute approximate surface area is 143 Å². The minimum atomic E-state index is -3.50. The molecule has 0 unspecified atom stereocenters. The number of hydrogen-bond donors (Lipinski definition) is 2. The van der Waals surface area contributed by atoms with Crippen molar-refractivity contribution < 1.29 is 13.2 Å². The van der Waals surface area contributed by atoms with Crippen molar-refractivity contribution in [2.75, 3.05) is 19.4 Å². The third-order valence-corrected chi connectivity index (χ3v) is 5.87. The highest BCUT2D eigenvalue weighted by Crippen LogP contribution is 2.27. The zero-order valence-corrected chi connectivity index (χ0v) is 15.0. The molecule has 2 rings (SSSR count). The van der Waals surface area contributed by atoms with Crippen LogP contribution in [0.2, 0.25) is 0 Å². The van der Waals surface area contributed by atoms with E-state index in [2.05, 4.69) is 5.32 Å². The van der Waals surface area contributed by atoms with Crippen molar-refractivity contribution in [2.45, 2.75) is 36.6 Å². The molecule has 1 fully saturated rings. The summed E-state index contributed by atoms with van der Waals surface area (Å²) in [5, 5.41) is 2.76. The van der Waals surface area contributed by atoms with Crippen LogP contribution in [0.15, 0.2) is 29.2 Å².